The van der Waals surface area contributed by atoms with Gasteiger partial charge < -0.3 is 5.32 Å². The minimum atomic E-state index is 0.467. The summed E-state index contributed by atoms with van der Waals surface area (Å²) >= 11 is 3.57. The first kappa shape index (κ1) is 14.1. The second-order valence-electron chi connectivity index (χ2n) is 5.03. The third kappa shape index (κ3) is 4.39. The van der Waals surface area contributed by atoms with E-state index in [1.54, 1.807) is 0 Å². The maximum atomic E-state index is 3.57. The summed E-state index contributed by atoms with van der Waals surface area (Å²) in [6, 6.07) is 17.5. The predicted octanol–water partition coefficient (Wildman–Crippen LogP) is 5.19. The molecule has 2 aromatic rings. The van der Waals surface area contributed by atoms with E-state index in [0.717, 1.165) is 17.3 Å². The van der Waals surface area contributed by atoms with E-state index in [1.165, 1.54) is 16.8 Å². The third-order valence-corrected chi connectivity index (χ3v) is 4.15. The second-order valence-corrected chi connectivity index (χ2v) is 5.89. The van der Waals surface area contributed by atoms with Crippen LogP contribution in [0.1, 0.15) is 24.5 Å². The zero-order chi connectivity index (χ0) is 13.7. The van der Waals surface area contributed by atoms with Gasteiger partial charge in [0, 0.05) is 16.2 Å². The lowest BCUT2D eigenvalue weighted by molar-refractivity contribution is 0.706. The molecule has 19 heavy (non-hydrogen) atoms. The number of benzene rings is 2. The Morgan fingerprint density at radius 2 is 1.84 bits per heavy atom. The zero-order valence-electron chi connectivity index (χ0n) is 11.5. The molecule has 0 saturated heterocycles. The van der Waals surface area contributed by atoms with Crippen molar-refractivity contribution in [3.63, 3.8) is 0 Å². The summed E-state index contributed by atoms with van der Waals surface area (Å²) < 4.78 is 1.16. The van der Waals surface area contributed by atoms with Crippen LogP contribution in [0.15, 0.2) is 53.0 Å². The van der Waals surface area contributed by atoms with E-state index < -0.39 is 0 Å². The molecule has 0 heterocycles. The van der Waals surface area contributed by atoms with Crippen molar-refractivity contribution in [2.75, 3.05) is 5.32 Å². The van der Waals surface area contributed by atoms with Gasteiger partial charge in [-0.2, -0.15) is 0 Å². The van der Waals surface area contributed by atoms with Crippen LogP contribution in [-0.2, 0) is 6.42 Å². The van der Waals surface area contributed by atoms with Gasteiger partial charge in [-0.05, 0) is 49.9 Å². The molecular weight excluding hydrogens is 298 g/mol. The Balaban J connectivity index is 1.87. The molecule has 1 nitrogen and oxygen atoms in total. The van der Waals surface area contributed by atoms with E-state index in [4.69, 9.17) is 0 Å². The van der Waals surface area contributed by atoms with Crippen molar-refractivity contribution in [2.24, 2.45) is 0 Å². The average Bonchev–Trinajstić information content (AvgIpc) is 2.42. The zero-order valence-corrected chi connectivity index (χ0v) is 13.1. The van der Waals surface area contributed by atoms with Crippen LogP contribution in [0.2, 0.25) is 0 Å². The van der Waals surface area contributed by atoms with Crippen molar-refractivity contribution < 1.29 is 0 Å². The van der Waals surface area contributed by atoms with Gasteiger partial charge in [0.25, 0.3) is 0 Å². The molecule has 1 N–H and O–H groups in total. The number of aryl methyl sites for hydroxylation is 2. The van der Waals surface area contributed by atoms with Crippen molar-refractivity contribution in [1.29, 1.82) is 0 Å². The molecule has 2 heteroatoms. The Labute approximate surface area is 124 Å². The van der Waals surface area contributed by atoms with Gasteiger partial charge in [-0.3, -0.25) is 0 Å². The first-order valence-corrected chi connectivity index (χ1v) is 7.51. The number of hydrogen-bond donors (Lipinski definition) is 1. The number of anilines is 1. The van der Waals surface area contributed by atoms with Gasteiger partial charge in [-0.25, -0.2) is 0 Å². The third-order valence-electron chi connectivity index (χ3n) is 3.29. The topological polar surface area (TPSA) is 12.0 Å². The summed E-state index contributed by atoms with van der Waals surface area (Å²) in [5.41, 5.74) is 3.85. The molecule has 0 fully saturated rings. The Bertz CT molecular complexity index is 522. The van der Waals surface area contributed by atoms with Crippen LogP contribution >= 0.6 is 15.9 Å². The van der Waals surface area contributed by atoms with Gasteiger partial charge >= 0.3 is 0 Å². The van der Waals surface area contributed by atoms with Crippen LogP contribution in [0.25, 0.3) is 0 Å². The second kappa shape index (κ2) is 6.76. The quantitative estimate of drug-likeness (QED) is 0.800. The first-order valence-electron chi connectivity index (χ1n) is 6.72. The van der Waals surface area contributed by atoms with Crippen LogP contribution in [0.5, 0.6) is 0 Å². The molecular formula is C17H20BrN. The Morgan fingerprint density at radius 1 is 1.11 bits per heavy atom. The maximum absolute atomic E-state index is 3.57. The van der Waals surface area contributed by atoms with E-state index in [-0.39, 0.29) is 0 Å². The summed E-state index contributed by atoms with van der Waals surface area (Å²) in [6.45, 7) is 4.34. The monoisotopic (exact) mass is 317 g/mol. The molecule has 0 aliphatic rings. The summed E-state index contributed by atoms with van der Waals surface area (Å²) in [5, 5.41) is 3.55. The Hall–Kier alpha value is -1.28. The van der Waals surface area contributed by atoms with Crippen molar-refractivity contribution in [2.45, 2.75) is 32.7 Å². The van der Waals surface area contributed by atoms with Gasteiger partial charge in [-0.1, -0.05) is 52.3 Å². The normalized spacial score (nSPS) is 12.2. The molecule has 0 radical (unpaired) electrons. The molecule has 0 aromatic heterocycles. The first-order chi connectivity index (χ1) is 9.15. The summed E-state index contributed by atoms with van der Waals surface area (Å²) in [6.07, 6.45) is 2.25. The van der Waals surface area contributed by atoms with Crippen LogP contribution in [0, 0.1) is 6.92 Å². The summed E-state index contributed by atoms with van der Waals surface area (Å²) in [4.78, 5) is 0. The molecule has 100 valence electrons. The van der Waals surface area contributed by atoms with Crippen LogP contribution in [0.4, 0.5) is 5.69 Å². The molecule has 1 atom stereocenters. The Kier molecular flexibility index (Phi) is 5.03. The standard InChI is InChI=1S/C17H20BrN/c1-13-8-11-16(12-17(13)18)19-14(2)9-10-15-6-4-3-5-7-15/h3-8,11-12,14,19H,9-10H2,1-2H3. The molecule has 0 aliphatic carbocycles. The molecule has 2 rings (SSSR count). The highest BCUT2D eigenvalue weighted by Crippen LogP contribution is 2.21. The fourth-order valence-corrected chi connectivity index (χ4v) is 2.45. The molecule has 1 unspecified atom stereocenters. The highest BCUT2D eigenvalue weighted by atomic mass is 79.9. The highest BCUT2D eigenvalue weighted by molar-refractivity contribution is 9.10. The summed E-state index contributed by atoms with van der Waals surface area (Å²) in [7, 11) is 0. The lowest BCUT2D eigenvalue weighted by atomic mass is 10.1. The van der Waals surface area contributed by atoms with E-state index in [9.17, 15) is 0 Å². The van der Waals surface area contributed by atoms with E-state index >= 15 is 0 Å². The number of nitrogens with one attached hydrogen (secondary N) is 1. The van der Waals surface area contributed by atoms with Crippen molar-refractivity contribution in [3.05, 3.63) is 64.1 Å². The van der Waals surface area contributed by atoms with Crippen molar-refractivity contribution in [3.8, 4) is 0 Å². The smallest absolute Gasteiger partial charge is 0.0353 e. The molecule has 0 amide bonds. The fourth-order valence-electron chi connectivity index (χ4n) is 2.07. The minimum absolute atomic E-state index is 0.467. The lowest BCUT2D eigenvalue weighted by Crippen LogP contribution is -2.15. The molecule has 0 aliphatic heterocycles. The van der Waals surface area contributed by atoms with E-state index in [1.807, 2.05) is 0 Å². The highest BCUT2D eigenvalue weighted by Gasteiger charge is 2.04. The van der Waals surface area contributed by atoms with Crippen LogP contribution in [-0.4, -0.2) is 6.04 Å². The van der Waals surface area contributed by atoms with E-state index in [0.29, 0.717) is 6.04 Å². The molecule has 0 spiro atoms. The number of rotatable bonds is 5. The Morgan fingerprint density at radius 3 is 2.53 bits per heavy atom. The van der Waals surface area contributed by atoms with Crippen LogP contribution in [0.3, 0.4) is 0 Å². The van der Waals surface area contributed by atoms with Gasteiger partial charge in [0.2, 0.25) is 0 Å². The molecule has 0 bridgehead atoms. The van der Waals surface area contributed by atoms with Gasteiger partial charge in [0.05, 0.1) is 0 Å². The lowest BCUT2D eigenvalue weighted by Gasteiger charge is -2.16. The van der Waals surface area contributed by atoms with Gasteiger partial charge in [-0.15, -0.1) is 0 Å². The molecule has 2 aromatic carbocycles. The largest absolute Gasteiger partial charge is 0.383 e. The van der Waals surface area contributed by atoms with Crippen molar-refractivity contribution >= 4 is 21.6 Å². The average molecular weight is 318 g/mol. The van der Waals surface area contributed by atoms with Crippen molar-refractivity contribution in [1.82, 2.24) is 0 Å². The molecule has 0 saturated carbocycles. The van der Waals surface area contributed by atoms with E-state index in [2.05, 4.69) is 83.6 Å². The maximum Gasteiger partial charge on any atom is 0.0353 e. The number of hydrogen-bond acceptors (Lipinski definition) is 1. The SMILES string of the molecule is Cc1ccc(NC(C)CCc2ccccc2)cc1Br. The van der Waals surface area contributed by atoms with Gasteiger partial charge in [0.15, 0.2) is 0 Å². The number of halogens is 1. The minimum Gasteiger partial charge on any atom is -0.383 e. The van der Waals surface area contributed by atoms with Gasteiger partial charge in [0.1, 0.15) is 0 Å². The predicted molar refractivity (Wildman–Crippen MR) is 86.7 cm³/mol. The van der Waals surface area contributed by atoms with Crippen LogP contribution < -0.4 is 5.32 Å². The summed E-state index contributed by atoms with van der Waals surface area (Å²) in [5.74, 6) is 0. The fraction of sp³-hybridized carbons (Fsp3) is 0.294.